The van der Waals surface area contributed by atoms with Crippen molar-refractivity contribution in [2.24, 2.45) is 5.73 Å². The van der Waals surface area contributed by atoms with Gasteiger partial charge in [-0.2, -0.15) is 5.26 Å². The Bertz CT molecular complexity index is 1450. The summed E-state index contributed by atoms with van der Waals surface area (Å²) in [5.74, 6) is -0.596. The minimum Gasteiger partial charge on any atom is -0.481 e. The molecule has 0 radical (unpaired) electrons. The second kappa shape index (κ2) is 8.91. The lowest BCUT2D eigenvalue weighted by molar-refractivity contribution is -0.157. The van der Waals surface area contributed by atoms with Crippen molar-refractivity contribution in [1.82, 2.24) is 4.57 Å². The van der Waals surface area contributed by atoms with Gasteiger partial charge in [-0.05, 0) is 62.7 Å². The van der Waals surface area contributed by atoms with Crippen LogP contribution in [0, 0.1) is 11.3 Å². The minimum absolute atomic E-state index is 0.272. The molecule has 0 spiro atoms. The topological polar surface area (TPSA) is 107 Å². The van der Waals surface area contributed by atoms with E-state index in [2.05, 4.69) is 6.07 Å². The third kappa shape index (κ3) is 4.57. The highest BCUT2D eigenvalue weighted by Gasteiger charge is 2.21. The van der Waals surface area contributed by atoms with Gasteiger partial charge in [0.05, 0.1) is 28.1 Å². The van der Waals surface area contributed by atoms with E-state index in [1.807, 2.05) is 41.0 Å². The van der Waals surface area contributed by atoms with E-state index >= 15 is 0 Å². The van der Waals surface area contributed by atoms with Crippen LogP contribution >= 0.6 is 0 Å². The Labute approximate surface area is 197 Å². The van der Waals surface area contributed by atoms with E-state index in [1.54, 1.807) is 45.0 Å². The van der Waals surface area contributed by atoms with E-state index in [0.29, 0.717) is 34.2 Å². The van der Waals surface area contributed by atoms with Crippen molar-refractivity contribution in [1.29, 1.82) is 5.26 Å². The van der Waals surface area contributed by atoms with Gasteiger partial charge in [-0.25, -0.2) is 4.79 Å². The number of aromatic nitrogens is 1. The van der Waals surface area contributed by atoms with Crippen molar-refractivity contribution in [3.05, 3.63) is 77.4 Å². The zero-order valence-electron chi connectivity index (χ0n) is 19.3. The van der Waals surface area contributed by atoms with Crippen molar-refractivity contribution >= 4 is 33.7 Å². The standard InChI is InChI=1S/C27H25N3O4/c1-27(2,3)34-23(31)16-33-22-12-6-11-21-25(22)24-19(26(29)32)9-5-10-20(24)30(21)15-18-8-4-7-17(13-18)14-28/h4-13H,15-16H2,1-3H3,(H2,29,32). The second-order valence-electron chi connectivity index (χ2n) is 8.99. The Morgan fingerprint density at radius 3 is 2.35 bits per heavy atom. The van der Waals surface area contributed by atoms with E-state index in [-0.39, 0.29) is 6.61 Å². The number of hydrogen-bond acceptors (Lipinski definition) is 5. The van der Waals surface area contributed by atoms with Crippen LogP contribution < -0.4 is 10.5 Å². The molecule has 1 amide bonds. The van der Waals surface area contributed by atoms with Gasteiger partial charge in [-0.1, -0.05) is 24.3 Å². The molecule has 0 aliphatic heterocycles. The van der Waals surface area contributed by atoms with Crippen molar-refractivity contribution < 1.29 is 19.1 Å². The first-order valence-electron chi connectivity index (χ1n) is 10.9. The molecule has 0 saturated heterocycles. The van der Waals surface area contributed by atoms with Crippen LogP contribution in [0.3, 0.4) is 0 Å². The van der Waals surface area contributed by atoms with Gasteiger partial charge in [-0.15, -0.1) is 0 Å². The molecule has 0 fully saturated rings. The van der Waals surface area contributed by atoms with Crippen LogP contribution in [0.1, 0.15) is 42.3 Å². The number of benzene rings is 3. The fourth-order valence-electron chi connectivity index (χ4n) is 4.08. The van der Waals surface area contributed by atoms with Crippen LogP contribution in [0.15, 0.2) is 60.7 Å². The molecule has 4 aromatic rings. The molecule has 0 aliphatic rings. The molecule has 1 aromatic heterocycles. The molecule has 0 aliphatic carbocycles. The van der Waals surface area contributed by atoms with Crippen LogP contribution in [-0.2, 0) is 16.1 Å². The quantitative estimate of drug-likeness (QED) is 0.430. The van der Waals surface area contributed by atoms with E-state index in [0.717, 1.165) is 16.6 Å². The molecule has 7 nitrogen and oxygen atoms in total. The van der Waals surface area contributed by atoms with Crippen molar-refractivity contribution in [2.75, 3.05) is 6.61 Å². The zero-order valence-corrected chi connectivity index (χ0v) is 19.3. The van der Waals surface area contributed by atoms with E-state index in [4.69, 9.17) is 15.2 Å². The van der Waals surface area contributed by atoms with E-state index < -0.39 is 17.5 Å². The maximum atomic E-state index is 12.3. The summed E-state index contributed by atoms with van der Waals surface area (Å²) in [6, 6.07) is 20.4. The van der Waals surface area contributed by atoms with Gasteiger partial charge in [0.2, 0.25) is 5.91 Å². The number of nitrogens with two attached hydrogens (primary N) is 1. The third-order valence-corrected chi connectivity index (χ3v) is 5.31. The smallest absolute Gasteiger partial charge is 0.344 e. The first-order chi connectivity index (χ1) is 16.2. The Kier molecular flexibility index (Phi) is 5.99. The molecule has 2 N–H and O–H groups in total. The van der Waals surface area contributed by atoms with Crippen molar-refractivity contribution in [3.8, 4) is 11.8 Å². The van der Waals surface area contributed by atoms with Gasteiger partial charge in [-0.3, -0.25) is 4.79 Å². The summed E-state index contributed by atoms with van der Waals surface area (Å²) in [5.41, 5.74) is 8.56. The minimum atomic E-state index is -0.625. The molecule has 0 bridgehead atoms. The molecule has 0 saturated carbocycles. The molecule has 1 heterocycles. The number of fused-ring (bicyclic) bond motifs is 3. The van der Waals surface area contributed by atoms with Crippen LogP contribution in [0.2, 0.25) is 0 Å². The van der Waals surface area contributed by atoms with E-state index in [9.17, 15) is 14.9 Å². The summed E-state index contributed by atoms with van der Waals surface area (Å²) in [5, 5.41) is 10.6. The highest BCUT2D eigenvalue weighted by Crippen LogP contribution is 2.38. The highest BCUT2D eigenvalue weighted by molar-refractivity contribution is 6.19. The average molecular weight is 456 g/mol. The second-order valence-corrected chi connectivity index (χ2v) is 8.99. The van der Waals surface area contributed by atoms with Gasteiger partial charge in [0.1, 0.15) is 11.4 Å². The fourth-order valence-corrected chi connectivity index (χ4v) is 4.08. The molecule has 0 unspecified atom stereocenters. The van der Waals surface area contributed by atoms with E-state index in [1.165, 1.54) is 0 Å². The van der Waals surface area contributed by atoms with Crippen LogP contribution in [0.5, 0.6) is 5.75 Å². The average Bonchev–Trinajstić information content (AvgIpc) is 3.11. The van der Waals surface area contributed by atoms with Gasteiger partial charge < -0.3 is 19.8 Å². The maximum Gasteiger partial charge on any atom is 0.344 e. The summed E-state index contributed by atoms with van der Waals surface area (Å²) in [4.78, 5) is 24.6. The summed E-state index contributed by atoms with van der Waals surface area (Å²) < 4.78 is 13.3. The number of carbonyl (C=O) groups is 2. The van der Waals surface area contributed by atoms with Crippen LogP contribution in [0.25, 0.3) is 21.8 Å². The zero-order chi connectivity index (χ0) is 24.5. The lowest BCUT2D eigenvalue weighted by Crippen LogP contribution is -2.27. The summed E-state index contributed by atoms with van der Waals surface area (Å²) in [7, 11) is 0. The molecule has 4 rings (SSSR count). The third-order valence-electron chi connectivity index (χ3n) is 5.31. The van der Waals surface area contributed by atoms with Crippen molar-refractivity contribution in [3.63, 3.8) is 0 Å². The number of esters is 1. The van der Waals surface area contributed by atoms with Crippen molar-refractivity contribution in [2.45, 2.75) is 32.9 Å². The normalized spacial score (nSPS) is 11.4. The summed E-state index contributed by atoms with van der Waals surface area (Å²) >= 11 is 0. The Morgan fingerprint density at radius 1 is 1.00 bits per heavy atom. The summed E-state index contributed by atoms with van der Waals surface area (Å²) in [6.45, 7) is 5.57. The maximum absolute atomic E-state index is 12.3. The molecular weight excluding hydrogens is 430 g/mol. The fraction of sp³-hybridized carbons (Fsp3) is 0.222. The van der Waals surface area contributed by atoms with Crippen LogP contribution in [-0.4, -0.2) is 28.7 Å². The predicted octanol–water partition coefficient (Wildman–Crippen LogP) is 4.53. The first kappa shape index (κ1) is 22.9. The van der Waals surface area contributed by atoms with Gasteiger partial charge in [0, 0.05) is 17.5 Å². The number of hydrogen-bond donors (Lipinski definition) is 1. The highest BCUT2D eigenvalue weighted by atomic mass is 16.6. The largest absolute Gasteiger partial charge is 0.481 e. The lowest BCUT2D eigenvalue weighted by atomic mass is 10.1. The molecule has 7 heteroatoms. The molecule has 34 heavy (non-hydrogen) atoms. The SMILES string of the molecule is CC(C)(C)OC(=O)COc1cccc2c1c1c(C(N)=O)cccc1n2Cc1cccc(C#N)c1. The van der Waals surface area contributed by atoms with Gasteiger partial charge in [0.15, 0.2) is 6.61 Å². The number of primary amides is 1. The molecule has 3 aromatic carbocycles. The number of rotatable bonds is 6. The Morgan fingerprint density at radius 2 is 1.68 bits per heavy atom. The number of nitriles is 1. The number of amides is 1. The van der Waals surface area contributed by atoms with Gasteiger partial charge in [0.25, 0.3) is 0 Å². The number of nitrogens with zero attached hydrogens (tertiary/aromatic N) is 2. The number of carbonyl (C=O) groups excluding carboxylic acids is 2. The van der Waals surface area contributed by atoms with Gasteiger partial charge >= 0.3 is 5.97 Å². The number of ether oxygens (including phenoxy) is 2. The molecule has 172 valence electrons. The molecule has 0 atom stereocenters. The predicted molar refractivity (Wildman–Crippen MR) is 130 cm³/mol. The summed E-state index contributed by atoms with van der Waals surface area (Å²) in [6.07, 6.45) is 0. The van der Waals surface area contributed by atoms with Crippen LogP contribution in [0.4, 0.5) is 0 Å². The molecular formula is C27H25N3O4. The monoisotopic (exact) mass is 455 g/mol. The lowest BCUT2D eigenvalue weighted by Gasteiger charge is -2.19. The Balaban J connectivity index is 1.87. The first-order valence-corrected chi connectivity index (χ1v) is 10.9. The Hall–Kier alpha value is -4.31.